The van der Waals surface area contributed by atoms with Crippen LogP contribution >= 0.6 is 0 Å². The summed E-state index contributed by atoms with van der Waals surface area (Å²) in [5, 5.41) is 8.60. The zero-order valence-corrected chi connectivity index (χ0v) is 7.36. The maximum Gasteiger partial charge on any atom is 0.407 e. The van der Waals surface area contributed by atoms with Gasteiger partial charge >= 0.3 is 12.1 Å². The van der Waals surface area contributed by atoms with Crippen LogP contribution in [0.5, 0.6) is 0 Å². The van der Waals surface area contributed by atoms with Gasteiger partial charge in [0.15, 0.2) is 0 Å². The lowest BCUT2D eigenvalue weighted by atomic mass is 9.94. The third kappa shape index (κ3) is 2.17. The molecule has 74 valence electrons. The van der Waals surface area contributed by atoms with E-state index in [9.17, 15) is 14.0 Å². The van der Waals surface area contributed by atoms with Crippen molar-refractivity contribution in [3.05, 3.63) is 0 Å². The number of amides is 1. The predicted octanol–water partition coefficient (Wildman–Crippen LogP) is 1.12. The van der Waals surface area contributed by atoms with E-state index in [4.69, 9.17) is 5.11 Å². The van der Waals surface area contributed by atoms with Crippen molar-refractivity contribution >= 4 is 12.1 Å². The molecule has 5 heteroatoms. The maximum atomic E-state index is 12.3. The summed E-state index contributed by atoms with van der Waals surface area (Å²) in [5.74, 6) is -0.835. The first kappa shape index (κ1) is 9.95. The SMILES string of the molecule is CC(C(=O)F)[C@H]1CCN(C(=O)O)C1. The number of carbonyl (C=O) groups is 2. The second-order valence-electron chi connectivity index (χ2n) is 3.37. The molecule has 0 aromatic heterocycles. The van der Waals surface area contributed by atoms with Crippen molar-refractivity contribution in [2.45, 2.75) is 13.3 Å². The Kier molecular flexibility index (Phi) is 2.85. The molecule has 0 radical (unpaired) electrons. The fourth-order valence-electron chi connectivity index (χ4n) is 1.55. The number of nitrogens with zero attached hydrogens (tertiary/aromatic N) is 1. The van der Waals surface area contributed by atoms with Crippen molar-refractivity contribution in [3.8, 4) is 0 Å². The molecule has 0 aliphatic carbocycles. The number of hydrogen-bond donors (Lipinski definition) is 1. The van der Waals surface area contributed by atoms with Crippen LogP contribution in [0.15, 0.2) is 0 Å². The fourth-order valence-corrected chi connectivity index (χ4v) is 1.55. The van der Waals surface area contributed by atoms with E-state index in [1.54, 1.807) is 0 Å². The molecule has 1 amide bonds. The van der Waals surface area contributed by atoms with E-state index in [1.807, 2.05) is 0 Å². The van der Waals surface area contributed by atoms with Gasteiger partial charge in [-0.15, -0.1) is 0 Å². The maximum absolute atomic E-state index is 12.3. The van der Waals surface area contributed by atoms with Crippen LogP contribution < -0.4 is 0 Å². The first-order chi connectivity index (χ1) is 6.02. The molecule has 0 aromatic carbocycles. The molecule has 0 saturated carbocycles. The molecule has 1 N–H and O–H groups in total. The van der Waals surface area contributed by atoms with Gasteiger partial charge in [0.05, 0.1) is 5.92 Å². The molecule has 2 atom stereocenters. The number of halogens is 1. The van der Waals surface area contributed by atoms with E-state index in [1.165, 1.54) is 11.8 Å². The summed E-state index contributed by atoms with van der Waals surface area (Å²) in [7, 11) is 0. The highest BCUT2D eigenvalue weighted by molar-refractivity contribution is 5.71. The number of carbonyl (C=O) groups excluding carboxylic acids is 1. The Morgan fingerprint density at radius 1 is 1.62 bits per heavy atom. The summed E-state index contributed by atoms with van der Waals surface area (Å²) >= 11 is 0. The zero-order valence-electron chi connectivity index (χ0n) is 7.36. The average molecular weight is 189 g/mol. The van der Waals surface area contributed by atoms with E-state index in [0.29, 0.717) is 13.0 Å². The molecular formula is C8H12FNO3. The largest absolute Gasteiger partial charge is 0.465 e. The van der Waals surface area contributed by atoms with Gasteiger partial charge in [0.1, 0.15) is 0 Å². The molecule has 1 aliphatic heterocycles. The lowest BCUT2D eigenvalue weighted by Crippen LogP contribution is -2.28. The molecule has 1 saturated heterocycles. The number of carboxylic acid groups (broad SMARTS) is 1. The third-order valence-electron chi connectivity index (χ3n) is 2.56. The van der Waals surface area contributed by atoms with Crippen LogP contribution in [0.2, 0.25) is 0 Å². The van der Waals surface area contributed by atoms with Crippen molar-refractivity contribution in [3.63, 3.8) is 0 Å². The van der Waals surface area contributed by atoms with Crippen LogP contribution in [0.1, 0.15) is 13.3 Å². The molecule has 13 heavy (non-hydrogen) atoms. The Morgan fingerprint density at radius 2 is 2.23 bits per heavy atom. The quantitative estimate of drug-likeness (QED) is 0.662. The molecule has 0 spiro atoms. The lowest BCUT2D eigenvalue weighted by Gasteiger charge is -2.14. The number of likely N-dealkylation sites (tertiary alicyclic amines) is 1. The molecule has 0 aromatic rings. The summed E-state index contributed by atoms with van der Waals surface area (Å²) in [4.78, 5) is 22.1. The molecule has 0 bridgehead atoms. The van der Waals surface area contributed by atoms with Gasteiger partial charge in [0, 0.05) is 13.1 Å². The Hall–Kier alpha value is -1.13. The smallest absolute Gasteiger partial charge is 0.407 e. The second-order valence-corrected chi connectivity index (χ2v) is 3.37. The van der Waals surface area contributed by atoms with E-state index in [2.05, 4.69) is 0 Å². The highest BCUT2D eigenvalue weighted by Gasteiger charge is 2.32. The first-order valence-electron chi connectivity index (χ1n) is 4.19. The molecule has 1 fully saturated rings. The molecule has 4 nitrogen and oxygen atoms in total. The van der Waals surface area contributed by atoms with Gasteiger partial charge in [-0.05, 0) is 12.3 Å². The number of hydrogen-bond acceptors (Lipinski definition) is 2. The van der Waals surface area contributed by atoms with Crippen molar-refractivity contribution in [1.29, 1.82) is 0 Å². The summed E-state index contributed by atoms with van der Waals surface area (Å²) in [5.41, 5.74) is 0. The summed E-state index contributed by atoms with van der Waals surface area (Å²) in [6.45, 7) is 2.17. The van der Waals surface area contributed by atoms with Crippen molar-refractivity contribution < 1.29 is 19.1 Å². The van der Waals surface area contributed by atoms with Gasteiger partial charge in [-0.3, -0.25) is 4.79 Å². The van der Waals surface area contributed by atoms with Crippen molar-refractivity contribution in [2.75, 3.05) is 13.1 Å². The molecular weight excluding hydrogens is 177 g/mol. The molecule has 1 rings (SSSR count). The minimum atomic E-state index is -1.35. The van der Waals surface area contributed by atoms with E-state index in [0.717, 1.165) is 0 Å². The standard InChI is InChI=1S/C8H12FNO3/c1-5(7(9)11)6-2-3-10(4-6)8(12)13/h5-6H,2-4H2,1H3,(H,12,13)/t5?,6-/m0/s1. The zero-order chi connectivity index (χ0) is 10.0. The van der Waals surface area contributed by atoms with Gasteiger partial charge in [-0.2, -0.15) is 4.39 Å². The van der Waals surface area contributed by atoms with Gasteiger partial charge in [0.2, 0.25) is 0 Å². The molecule has 1 heterocycles. The third-order valence-corrected chi connectivity index (χ3v) is 2.56. The topological polar surface area (TPSA) is 57.6 Å². The van der Waals surface area contributed by atoms with E-state index in [-0.39, 0.29) is 12.5 Å². The van der Waals surface area contributed by atoms with Crippen LogP contribution in [0, 0.1) is 11.8 Å². The fraction of sp³-hybridized carbons (Fsp3) is 0.750. The van der Waals surface area contributed by atoms with Crippen molar-refractivity contribution in [2.24, 2.45) is 11.8 Å². The monoisotopic (exact) mass is 189 g/mol. The first-order valence-corrected chi connectivity index (χ1v) is 4.19. The predicted molar refractivity (Wildman–Crippen MR) is 43.0 cm³/mol. The Labute approximate surface area is 75.3 Å². The minimum Gasteiger partial charge on any atom is -0.465 e. The van der Waals surface area contributed by atoms with Gasteiger partial charge in [-0.25, -0.2) is 4.79 Å². The number of rotatable bonds is 2. The van der Waals surface area contributed by atoms with Crippen LogP contribution in [-0.2, 0) is 4.79 Å². The highest BCUT2D eigenvalue weighted by atomic mass is 19.1. The Morgan fingerprint density at radius 3 is 2.62 bits per heavy atom. The summed E-state index contributed by atoms with van der Waals surface area (Å²) in [6, 6.07) is -1.35. The summed E-state index contributed by atoms with van der Waals surface area (Å²) in [6.07, 6.45) is -0.427. The highest BCUT2D eigenvalue weighted by Crippen LogP contribution is 2.24. The van der Waals surface area contributed by atoms with Crippen LogP contribution in [0.3, 0.4) is 0 Å². The van der Waals surface area contributed by atoms with E-state index >= 15 is 0 Å². The van der Waals surface area contributed by atoms with Gasteiger partial charge in [-0.1, -0.05) is 6.92 Å². The van der Waals surface area contributed by atoms with E-state index < -0.39 is 18.0 Å². The van der Waals surface area contributed by atoms with Crippen molar-refractivity contribution in [1.82, 2.24) is 4.90 Å². The summed E-state index contributed by atoms with van der Waals surface area (Å²) < 4.78 is 12.3. The van der Waals surface area contributed by atoms with Gasteiger partial charge in [0.25, 0.3) is 0 Å². The van der Waals surface area contributed by atoms with Crippen LogP contribution in [0.25, 0.3) is 0 Å². The lowest BCUT2D eigenvalue weighted by molar-refractivity contribution is -0.134. The average Bonchev–Trinajstić information content (AvgIpc) is 2.50. The van der Waals surface area contributed by atoms with Crippen LogP contribution in [0.4, 0.5) is 9.18 Å². The Bertz CT molecular complexity index is 231. The second kappa shape index (κ2) is 3.72. The normalized spacial score (nSPS) is 24.5. The Balaban J connectivity index is 2.49. The van der Waals surface area contributed by atoms with Gasteiger partial charge < -0.3 is 10.0 Å². The molecule has 1 aliphatic rings. The minimum absolute atomic E-state index is 0.159. The van der Waals surface area contributed by atoms with Crippen LogP contribution in [-0.4, -0.2) is 35.2 Å². The molecule has 1 unspecified atom stereocenters.